The van der Waals surface area contributed by atoms with Gasteiger partial charge in [-0.3, -0.25) is 0 Å². The molecule has 5 aliphatic carbocycles. The molecule has 5 rings (SSSR count). The Morgan fingerprint density at radius 1 is 0.875 bits per heavy atom. The van der Waals surface area contributed by atoms with Crippen LogP contribution >= 0.6 is 0 Å². The molecule has 0 radical (unpaired) electrons. The molecule has 182 valence electrons. The predicted octanol–water partition coefficient (Wildman–Crippen LogP) is 7.14. The van der Waals surface area contributed by atoms with Crippen LogP contribution in [-0.4, -0.2) is 21.9 Å². The summed E-state index contributed by atoms with van der Waals surface area (Å²) in [4.78, 5) is 0. The summed E-state index contributed by atoms with van der Waals surface area (Å²) in [5.41, 5.74) is 1.44. The highest BCUT2D eigenvalue weighted by molar-refractivity contribution is 5.30. The normalized spacial score (nSPS) is 52.7. The average molecular weight is 443 g/mol. The molecule has 32 heavy (non-hydrogen) atoms. The number of allylic oxidation sites excluding steroid dienone is 1. The van der Waals surface area contributed by atoms with Crippen LogP contribution in [0, 0.1) is 50.7 Å². The summed E-state index contributed by atoms with van der Waals surface area (Å²) in [5, 5.41) is 20.9. The van der Waals surface area contributed by atoms with E-state index in [1.54, 1.807) is 0 Å². The van der Waals surface area contributed by atoms with Crippen molar-refractivity contribution in [3.63, 3.8) is 0 Å². The molecule has 2 spiro atoms. The van der Waals surface area contributed by atoms with Gasteiger partial charge in [-0.25, -0.2) is 0 Å². The Kier molecular flexibility index (Phi) is 5.02. The highest BCUT2D eigenvalue weighted by atomic mass is 16.3. The number of hydrogen-bond acceptors (Lipinski definition) is 2. The Hall–Kier alpha value is -0.340. The molecular formula is C30H50O2. The Labute approximate surface area is 197 Å². The average Bonchev–Trinajstić information content (AvgIpc) is 3.27. The molecule has 5 saturated carbocycles. The Morgan fingerprint density at radius 3 is 2.22 bits per heavy atom. The van der Waals surface area contributed by atoms with Crippen LogP contribution in [0.5, 0.6) is 0 Å². The maximum Gasteiger partial charge on any atom is 0.0771 e. The molecule has 0 aromatic rings. The summed E-state index contributed by atoms with van der Waals surface area (Å²) < 4.78 is 0. The zero-order valence-corrected chi connectivity index (χ0v) is 22.0. The number of hydrogen-bond donors (Lipinski definition) is 2. The first-order chi connectivity index (χ1) is 14.7. The number of aliphatic hydroxyl groups is 2. The first-order valence-electron chi connectivity index (χ1n) is 13.8. The van der Waals surface area contributed by atoms with E-state index in [1.807, 2.05) is 19.9 Å². The fourth-order valence-electron chi connectivity index (χ4n) is 11.0. The van der Waals surface area contributed by atoms with Crippen LogP contribution in [0.3, 0.4) is 0 Å². The van der Waals surface area contributed by atoms with Gasteiger partial charge in [0.15, 0.2) is 0 Å². The third-order valence-electron chi connectivity index (χ3n) is 12.9. The van der Waals surface area contributed by atoms with Crippen molar-refractivity contribution in [2.75, 3.05) is 0 Å². The molecule has 0 aromatic heterocycles. The van der Waals surface area contributed by atoms with Crippen LogP contribution in [0.2, 0.25) is 0 Å². The van der Waals surface area contributed by atoms with Crippen LogP contribution in [-0.2, 0) is 0 Å². The molecule has 2 N–H and O–H groups in total. The molecule has 9 atom stereocenters. The maximum absolute atomic E-state index is 10.8. The summed E-state index contributed by atoms with van der Waals surface area (Å²) in [5.74, 6) is 3.10. The van der Waals surface area contributed by atoms with Crippen molar-refractivity contribution in [2.45, 2.75) is 124 Å². The van der Waals surface area contributed by atoms with Gasteiger partial charge < -0.3 is 10.2 Å². The molecule has 5 unspecified atom stereocenters. The van der Waals surface area contributed by atoms with Crippen molar-refractivity contribution >= 4 is 0 Å². The van der Waals surface area contributed by atoms with Gasteiger partial charge in [0.1, 0.15) is 0 Å². The van der Waals surface area contributed by atoms with Crippen molar-refractivity contribution in [1.82, 2.24) is 0 Å². The maximum atomic E-state index is 10.8. The molecule has 0 bridgehead atoms. The van der Waals surface area contributed by atoms with Gasteiger partial charge in [-0.05, 0) is 129 Å². The van der Waals surface area contributed by atoms with Gasteiger partial charge in [0.05, 0.1) is 11.7 Å². The standard InChI is InChI=1S/C30H50O2/c1-20(9-8-14-25(2,3)32)21-12-15-28(7)23-11-10-22-26(4,5)24(31)13-16-29(22)19-30(23,29)18-17-27(21,28)6/h8,14,20-24,31-32H,9-13,15-19H2,1-7H3/t20?,21?,22?,23?,24?,27-,28+,29-,30+/m1/s1. The van der Waals surface area contributed by atoms with E-state index in [0.717, 1.165) is 30.6 Å². The van der Waals surface area contributed by atoms with E-state index in [1.165, 1.54) is 51.4 Å². The van der Waals surface area contributed by atoms with Crippen LogP contribution in [0.25, 0.3) is 0 Å². The molecule has 0 aliphatic heterocycles. The van der Waals surface area contributed by atoms with Crippen LogP contribution in [0.1, 0.15) is 113 Å². The summed E-state index contributed by atoms with van der Waals surface area (Å²) in [6, 6.07) is 0. The highest BCUT2D eigenvalue weighted by Crippen LogP contribution is 2.89. The van der Waals surface area contributed by atoms with Gasteiger partial charge in [-0.15, -0.1) is 0 Å². The zero-order chi connectivity index (χ0) is 23.4. The number of fused-ring (bicyclic) bond motifs is 2. The van der Waals surface area contributed by atoms with Gasteiger partial charge >= 0.3 is 0 Å². The zero-order valence-electron chi connectivity index (χ0n) is 22.0. The van der Waals surface area contributed by atoms with Crippen molar-refractivity contribution in [1.29, 1.82) is 0 Å². The van der Waals surface area contributed by atoms with Crippen LogP contribution < -0.4 is 0 Å². The summed E-state index contributed by atoms with van der Waals surface area (Å²) in [6.07, 6.45) is 17.4. The van der Waals surface area contributed by atoms with Gasteiger partial charge in [0.2, 0.25) is 0 Å². The largest absolute Gasteiger partial charge is 0.393 e. The van der Waals surface area contributed by atoms with Gasteiger partial charge in [-0.2, -0.15) is 0 Å². The number of rotatable bonds is 4. The predicted molar refractivity (Wildman–Crippen MR) is 132 cm³/mol. The molecule has 0 amide bonds. The molecule has 2 heteroatoms. The van der Waals surface area contributed by atoms with E-state index in [4.69, 9.17) is 0 Å². The van der Waals surface area contributed by atoms with E-state index in [2.05, 4.69) is 40.7 Å². The van der Waals surface area contributed by atoms with Crippen LogP contribution in [0.4, 0.5) is 0 Å². The fourth-order valence-corrected chi connectivity index (χ4v) is 11.0. The van der Waals surface area contributed by atoms with Gasteiger partial charge in [0.25, 0.3) is 0 Å². The fraction of sp³-hybridized carbons (Fsp3) is 0.933. The van der Waals surface area contributed by atoms with E-state index < -0.39 is 5.60 Å². The number of aliphatic hydroxyl groups excluding tert-OH is 1. The molecule has 0 saturated heterocycles. The van der Waals surface area contributed by atoms with E-state index in [-0.39, 0.29) is 11.5 Å². The quantitative estimate of drug-likeness (QED) is 0.454. The minimum atomic E-state index is -0.703. The molecule has 0 heterocycles. The van der Waals surface area contributed by atoms with Crippen molar-refractivity contribution < 1.29 is 10.2 Å². The summed E-state index contributed by atoms with van der Waals surface area (Å²) in [6.45, 7) is 16.3. The smallest absolute Gasteiger partial charge is 0.0771 e. The minimum Gasteiger partial charge on any atom is -0.393 e. The monoisotopic (exact) mass is 442 g/mol. The van der Waals surface area contributed by atoms with Crippen LogP contribution in [0.15, 0.2) is 12.2 Å². The third kappa shape index (κ3) is 2.84. The summed E-state index contributed by atoms with van der Waals surface area (Å²) in [7, 11) is 0. The lowest BCUT2D eigenvalue weighted by Gasteiger charge is -2.63. The van der Waals surface area contributed by atoms with Gasteiger partial charge in [-0.1, -0.05) is 46.8 Å². The van der Waals surface area contributed by atoms with Crippen molar-refractivity contribution in [2.24, 2.45) is 50.7 Å². The van der Waals surface area contributed by atoms with E-state index >= 15 is 0 Å². The molecule has 0 aromatic carbocycles. The second-order valence-corrected chi connectivity index (χ2v) is 14.8. The summed E-state index contributed by atoms with van der Waals surface area (Å²) >= 11 is 0. The second-order valence-electron chi connectivity index (χ2n) is 14.8. The molecule has 5 fully saturated rings. The Balaban J connectivity index is 1.40. The van der Waals surface area contributed by atoms with E-state index in [0.29, 0.717) is 27.6 Å². The Bertz CT molecular complexity index is 791. The van der Waals surface area contributed by atoms with E-state index in [9.17, 15) is 10.2 Å². The van der Waals surface area contributed by atoms with Crippen molar-refractivity contribution in [3.05, 3.63) is 12.2 Å². The topological polar surface area (TPSA) is 40.5 Å². The highest BCUT2D eigenvalue weighted by Gasteiger charge is 2.82. The van der Waals surface area contributed by atoms with Gasteiger partial charge in [0, 0.05) is 0 Å². The van der Waals surface area contributed by atoms with Crippen molar-refractivity contribution in [3.8, 4) is 0 Å². The Morgan fingerprint density at radius 2 is 1.53 bits per heavy atom. The lowest BCUT2D eigenvalue weighted by atomic mass is 9.42. The SMILES string of the molecule is CC(CC=CC(C)(C)O)C1CC[C@@]2(C)C3CCC4C(C)(C)C(O)CC[C@@]45C[C@@]35CC[C@]12C. The first-order valence-corrected chi connectivity index (χ1v) is 13.8. The lowest BCUT2D eigenvalue weighted by molar-refractivity contribution is -0.161. The minimum absolute atomic E-state index is 0.0912. The molecule has 2 nitrogen and oxygen atoms in total. The second kappa shape index (κ2) is 6.87. The third-order valence-corrected chi connectivity index (χ3v) is 12.9. The molecular weight excluding hydrogens is 392 g/mol. The molecule has 5 aliphatic rings. The lowest BCUT2D eigenvalue weighted by Crippen LogP contribution is -2.57. The first kappa shape index (κ1) is 23.4.